The smallest absolute Gasteiger partial charge is 0.305 e. The Bertz CT molecular complexity index is 735. The second kappa shape index (κ2) is 6.70. The Hall–Kier alpha value is -2.89. The molecule has 6 heteroatoms. The van der Waals surface area contributed by atoms with Gasteiger partial charge in [-0.25, -0.2) is 4.39 Å². The van der Waals surface area contributed by atoms with Crippen LogP contribution in [0.3, 0.4) is 0 Å². The first-order valence-electron chi connectivity index (χ1n) is 7.55. The lowest BCUT2D eigenvalue weighted by atomic mass is 10.0. The lowest BCUT2D eigenvalue weighted by Crippen LogP contribution is -2.40. The van der Waals surface area contributed by atoms with Crippen LogP contribution in [0.25, 0.3) is 0 Å². The van der Waals surface area contributed by atoms with Crippen LogP contribution in [0.1, 0.15) is 23.6 Å². The molecule has 0 fully saturated rings. The van der Waals surface area contributed by atoms with Crippen LogP contribution in [-0.2, 0) is 16.0 Å². The molecule has 124 valence electrons. The molecule has 24 heavy (non-hydrogen) atoms. The Morgan fingerprint density at radius 1 is 1.21 bits per heavy atom. The molecule has 0 unspecified atom stereocenters. The van der Waals surface area contributed by atoms with Crippen molar-refractivity contribution in [3.05, 3.63) is 65.5 Å². The number of rotatable bonds is 5. The van der Waals surface area contributed by atoms with Crippen molar-refractivity contribution in [2.24, 2.45) is 0 Å². The third-order valence-electron chi connectivity index (χ3n) is 3.91. The van der Waals surface area contributed by atoms with E-state index in [2.05, 4.69) is 5.32 Å². The Balaban J connectivity index is 1.72. The molecule has 0 spiro atoms. The molecule has 0 saturated carbocycles. The van der Waals surface area contributed by atoms with Crippen LogP contribution in [0, 0.1) is 5.82 Å². The molecule has 0 radical (unpaired) electrons. The zero-order chi connectivity index (χ0) is 17.1. The number of carbonyl (C=O) groups excluding carboxylic acids is 1. The van der Waals surface area contributed by atoms with Crippen LogP contribution in [0.5, 0.6) is 5.75 Å². The maximum atomic E-state index is 13.0. The average Bonchev–Trinajstić information content (AvgIpc) is 2.98. The number of hydrogen-bond donors (Lipinski definition) is 2. The molecule has 0 saturated heterocycles. The molecule has 2 aromatic rings. The van der Waals surface area contributed by atoms with Gasteiger partial charge in [-0.2, -0.15) is 0 Å². The van der Waals surface area contributed by atoms with E-state index in [4.69, 9.17) is 9.84 Å². The fraction of sp³-hybridized carbons (Fsp3) is 0.222. The van der Waals surface area contributed by atoms with E-state index in [1.54, 1.807) is 6.07 Å². The van der Waals surface area contributed by atoms with E-state index in [0.717, 1.165) is 5.56 Å². The molecule has 2 N–H and O–H groups in total. The first kappa shape index (κ1) is 16.0. The number of aliphatic carboxylic acids is 1. The van der Waals surface area contributed by atoms with E-state index in [1.165, 1.54) is 24.3 Å². The number of carbonyl (C=O) groups is 2. The number of ether oxygens (including phenoxy) is 1. The minimum absolute atomic E-state index is 0.295. The van der Waals surface area contributed by atoms with Crippen molar-refractivity contribution >= 4 is 11.9 Å². The number of carboxylic acid groups (broad SMARTS) is 1. The lowest BCUT2D eigenvalue weighted by molar-refractivity contribution is -0.138. The Labute approximate surface area is 138 Å². The summed E-state index contributed by atoms with van der Waals surface area (Å²) in [5.41, 5.74) is 1.47. The van der Waals surface area contributed by atoms with Crippen molar-refractivity contribution in [2.45, 2.75) is 25.0 Å². The van der Waals surface area contributed by atoms with Gasteiger partial charge in [-0.05, 0) is 29.3 Å². The first-order chi connectivity index (χ1) is 11.5. The Morgan fingerprint density at radius 3 is 2.58 bits per heavy atom. The molecular weight excluding hydrogens is 313 g/mol. The van der Waals surface area contributed by atoms with Gasteiger partial charge in [0.15, 0.2) is 6.10 Å². The summed E-state index contributed by atoms with van der Waals surface area (Å²) < 4.78 is 18.7. The predicted molar refractivity (Wildman–Crippen MR) is 84.1 cm³/mol. The summed E-state index contributed by atoms with van der Waals surface area (Å²) in [4.78, 5) is 23.5. The number of benzene rings is 2. The number of hydrogen-bond acceptors (Lipinski definition) is 3. The molecule has 3 rings (SSSR count). The van der Waals surface area contributed by atoms with Crippen LogP contribution < -0.4 is 10.1 Å². The fourth-order valence-electron chi connectivity index (χ4n) is 2.71. The van der Waals surface area contributed by atoms with Gasteiger partial charge >= 0.3 is 5.97 Å². The van der Waals surface area contributed by atoms with Crippen LogP contribution in [0.2, 0.25) is 0 Å². The Kier molecular flexibility index (Phi) is 4.46. The van der Waals surface area contributed by atoms with E-state index >= 15 is 0 Å². The van der Waals surface area contributed by atoms with Gasteiger partial charge in [-0.1, -0.05) is 30.3 Å². The molecule has 2 atom stereocenters. The van der Waals surface area contributed by atoms with Crippen molar-refractivity contribution in [3.63, 3.8) is 0 Å². The molecule has 5 nitrogen and oxygen atoms in total. The molecule has 1 amide bonds. The van der Waals surface area contributed by atoms with Gasteiger partial charge in [0.25, 0.3) is 5.91 Å². The van der Waals surface area contributed by atoms with Crippen molar-refractivity contribution < 1.29 is 23.8 Å². The molecule has 1 aliphatic heterocycles. The summed E-state index contributed by atoms with van der Waals surface area (Å²) >= 11 is 0. The largest absolute Gasteiger partial charge is 0.481 e. The van der Waals surface area contributed by atoms with E-state index in [-0.39, 0.29) is 12.3 Å². The summed E-state index contributed by atoms with van der Waals surface area (Å²) in [5.74, 6) is -1.20. The monoisotopic (exact) mass is 329 g/mol. The number of amides is 1. The molecule has 0 aromatic heterocycles. The second-order valence-electron chi connectivity index (χ2n) is 5.63. The second-order valence-corrected chi connectivity index (χ2v) is 5.63. The fourth-order valence-corrected chi connectivity index (χ4v) is 2.71. The molecule has 1 aliphatic rings. The molecular formula is C18H16FNO4. The SMILES string of the molecule is O=C(O)C[C@@H](NC(=O)[C@@H]1Cc2ccccc2O1)c1ccc(F)cc1. The zero-order valence-electron chi connectivity index (χ0n) is 12.7. The molecule has 0 aliphatic carbocycles. The van der Waals surface area contributed by atoms with Gasteiger partial charge in [-0.3, -0.25) is 9.59 Å². The van der Waals surface area contributed by atoms with Crippen molar-refractivity contribution in [1.29, 1.82) is 0 Å². The third-order valence-corrected chi connectivity index (χ3v) is 3.91. The topological polar surface area (TPSA) is 75.6 Å². The highest BCUT2D eigenvalue weighted by Crippen LogP contribution is 2.28. The number of nitrogens with one attached hydrogen (secondary N) is 1. The van der Waals surface area contributed by atoms with Crippen LogP contribution >= 0.6 is 0 Å². The minimum Gasteiger partial charge on any atom is -0.481 e. The standard InChI is InChI=1S/C18H16FNO4/c19-13-7-5-11(6-8-13)14(10-17(21)22)20-18(23)16-9-12-3-1-2-4-15(12)24-16/h1-8,14,16H,9-10H2,(H,20,23)(H,21,22)/t14-,16+/m1/s1. The number of carboxylic acids is 1. The maximum absolute atomic E-state index is 13.0. The van der Waals surface area contributed by atoms with Gasteiger partial charge in [-0.15, -0.1) is 0 Å². The van der Waals surface area contributed by atoms with Crippen LogP contribution in [0.15, 0.2) is 48.5 Å². The first-order valence-corrected chi connectivity index (χ1v) is 7.55. The normalized spacial score (nSPS) is 16.8. The minimum atomic E-state index is -1.06. The van der Waals surface area contributed by atoms with E-state index in [9.17, 15) is 14.0 Å². The highest BCUT2D eigenvalue weighted by atomic mass is 19.1. The quantitative estimate of drug-likeness (QED) is 0.883. The summed E-state index contributed by atoms with van der Waals surface area (Å²) in [7, 11) is 0. The molecule has 1 heterocycles. The number of para-hydroxylation sites is 1. The lowest BCUT2D eigenvalue weighted by Gasteiger charge is -2.20. The van der Waals surface area contributed by atoms with E-state index in [1.807, 2.05) is 18.2 Å². The van der Waals surface area contributed by atoms with Crippen molar-refractivity contribution in [1.82, 2.24) is 5.32 Å². The maximum Gasteiger partial charge on any atom is 0.305 e. The van der Waals surface area contributed by atoms with Gasteiger partial charge in [0.05, 0.1) is 12.5 Å². The van der Waals surface area contributed by atoms with Gasteiger partial charge in [0, 0.05) is 6.42 Å². The van der Waals surface area contributed by atoms with E-state index in [0.29, 0.717) is 17.7 Å². The van der Waals surface area contributed by atoms with Crippen molar-refractivity contribution in [2.75, 3.05) is 0 Å². The number of fused-ring (bicyclic) bond motifs is 1. The van der Waals surface area contributed by atoms with Crippen LogP contribution in [0.4, 0.5) is 4.39 Å². The summed E-state index contributed by atoms with van der Waals surface area (Å²) in [6.45, 7) is 0. The van der Waals surface area contributed by atoms with Gasteiger partial charge < -0.3 is 15.2 Å². The average molecular weight is 329 g/mol. The van der Waals surface area contributed by atoms with Crippen LogP contribution in [-0.4, -0.2) is 23.1 Å². The molecule has 0 bridgehead atoms. The van der Waals surface area contributed by atoms with Gasteiger partial charge in [0.1, 0.15) is 11.6 Å². The Morgan fingerprint density at radius 2 is 1.92 bits per heavy atom. The highest BCUT2D eigenvalue weighted by Gasteiger charge is 2.30. The zero-order valence-corrected chi connectivity index (χ0v) is 12.7. The summed E-state index contributed by atoms with van der Waals surface area (Å²) in [6, 6.07) is 12.0. The summed E-state index contributed by atoms with van der Waals surface area (Å²) in [6.07, 6.45) is -0.554. The highest BCUT2D eigenvalue weighted by molar-refractivity contribution is 5.83. The van der Waals surface area contributed by atoms with Gasteiger partial charge in [0.2, 0.25) is 0 Å². The number of halogens is 1. The van der Waals surface area contributed by atoms with E-state index < -0.39 is 23.9 Å². The van der Waals surface area contributed by atoms with Crippen molar-refractivity contribution in [3.8, 4) is 5.75 Å². The molecule has 2 aromatic carbocycles. The summed E-state index contributed by atoms with van der Waals surface area (Å²) in [5, 5.41) is 11.8. The predicted octanol–water partition coefficient (Wildman–Crippen LogP) is 2.46. The third kappa shape index (κ3) is 3.53.